The summed E-state index contributed by atoms with van der Waals surface area (Å²) in [5.74, 6) is -0.922. The van der Waals surface area contributed by atoms with Crippen LogP contribution in [0.25, 0.3) is 0 Å². The van der Waals surface area contributed by atoms with Crippen LogP contribution in [0.1, 0.15) is 30.4 Å². The number of hydrogen-bond acceptors (Lipinski definition) is 4. The number of carbonyl (C=O) groups excluding carboxylic acids is 1. The number of aliphatic carboxylic acids is 1. The van der Waals surface area contributed by atoms with Crippen LogP contribution in [0.5, 0.6) is 0 Å². The van der Waals surface area contributed by atoms with Gasteiger partial charge in [0.1, 0.15) is 0 Å². The highest BCUT2D eigenvalue weighted by Gasteiger charge is 2.06. The predicted octanol–water partition coefficient (Wildman–Crippen LogP) is 2.05. The monoisotopic (exact) mass is 276 g/mol. The number of carboxylic acid groups (broad SMARTS) is 1. The van der Waals surface area contributed by atoms with E-state index in [0.717, 1.165) is 0 Å². The minimum absolute atomic E-state index is 0. The van der Waals surface area contributed by atoms with Gasteiger partial charge in [0.05, 0.1) is 6.61 Å². The van der Waals surface area contributed by atoms with Crippen LogP contribution in [0.15, 0.2) is 25.0 Å². The zero-order valence-corrected chi connectivity index (χ0v) is 10.9. The van der Waals surface area contributed by atoms with Gasteiger partial charge in [0.25, 0.3) is 0 Å². The van der Waals surface area contributed by atoms with E-state index >= 15 is 0 Å². The maximum Gasteiger partial charge on any atom is 0.374 e. The van der Waals surface area contributed by atoms with Crippen molar-refractivity contribution in [3.63, 3.8) is 0 Å². The number of halogens is 1. The standard InChI is InChI=1S/C6H8N2O2.C5H8O2.ClH/c1-2-10-6(9)5-7-3-4-8-5;1-2-3-4-5(6)7;/h3-4H,2H2,1H3,(H,7,8);2H,1,3-4H2,(H,6,7);1H. The molecule has 0 saturated carbocycles. The normalized spacial score (nSPS) is 8.28. The Kier molecular flexibility index (Phi) is 12.0. The first kappa shape index (κ1) is 18.5. The van der Waals surface area contributed by atoms with Crippen LogP contribution in [0.2, 0.25) is 0 Å². The van der Waals surface area contributed by atoms with Gasteiger partial charge in [0, 0.05) is 18.8 Å². The molecule has 0 aromatic carbocycles. The molecule has 102 valence electrons. The zero-order valence-electron chi connectivity index (χ0n) is 10.1. The number of aromatic amines is 1. The number of hydrogen-bond donors (Lipinski definition) is 2. The average Bonchev–Trinajstić information content (AvgIpc) is 2.81. The van der Waals surface area contributed by atoms with Crippen molar-refractivity contribution in [2.45, 2.75) is 19.8 Å². The maximum atomic E-state index is 10.8. The number of aromatic nitrogens is 2. The average molecular weight is 277 g/mol. The molecule has 1 rings (SSSR count). The van der Waals surface area contributed by atoms with E-state index in [1.165, 1.54) is 6.20 Å². The molecule has 0 amide bonds. The minimum atomic E-state index is -0.764. The highest BCUT2D eigenvalue weighted by molar-refractivity contribution is 5.85. The number of nitrogens with zero attached hydrogens (tertiary/aromatic N) is 1. The van der Waals surface area contributed by atoms with Crippen molar-refractivity contribution in [2.75, 3.05) is 6.61 Å². The molecule has 2 N–H and O–H groups in total. The van der Waals surface area contributed by atoms with E-state index < -0.39 is 11.9 Å². The van der Waals surface area contributed by atoms with Crippen molar-refractivity contribution in [3.8, 4) is 0 Å². The Hall–Kier alpha value is -1.82. The van der Waals surface area contributed by atoms with Crippen LogP contribution in [-0.2, 0) is 9.53 Å². The van der Waals surface area contributed by atoms with E-state index in [2.05, 4.69) is 21.3 Å². The number of rotatable bonds is 5. The van der Waals surface area contributed by atoms with Crippen molar-refractivity contribution in [3.05, 3.63) is 30.9 Å². The molecular formula is C11H17ClN2O4. The Balaban J connectivity index is 0. The number of H-pyrrole nitrogens is 1. The molecule has 0 aliphatic carbocycles. The first-order valence-electron chi connectivity index (χ1n) is 5.11. The van der Waals surface area contributed by atoms with E-state index in [4.69, 9.17) is 5.11 Å². The van der Waals surface area contributed by atoms with E-state index in [1.54, 1.807) is 19.2 Å². The van der Waals surface area contributed by atoms with Gasteiger partial charge in [-0.25, -0.2) is 9.78 Å². The molecule has 6 nitrogen and oxygen atoms in total. The molecule has 0 fully saturated rings. The summed E-state index contributed by atoms with van der Waals surface area (Å²) in [6.45, 7) is 5.49. The van der Waals surface area contributed by atoms with E-state index in [9.17, 15) is 9.59 Å². The van der Waals surface area contributed by atoms with Crippen LogP contribution >= 0.6 is 12.4 Å². The summed E-state index contributed by atoms with van der Waals surface area (Å²) in [7, 11) is 0. The van der Waals surface area contributed by atoms with Gasteiger partial charge < -0.3 is 14.8 Å². The fourth-order valence-corrected chi connectivity index (χ4v) is 0.802. The molecule has 0 aliphatic heterocycles. The summed E-state index contributed by atoms with van der Waals surface area (Å²) in [5.41, 5.74) is 0. The Morgan fingerprint density at radius 1 is 1.61 bits per heavy atom. The van der Waals surface area contributed by atoms with Gasteiger partial charge in [0.2, 0.25) is 5.82 Å². The topological polar surface area (TPSA) is 92.3 Å². The molecule has 0 atom stereocenters. The third-order valence-corrected chi connectivity index (χ3v) is 1.53. The summed E-state index contributed by atoms with van der Waals surface area (Å²) in [5, 5.41) is 8.00. The number of allylic oxidation sites excluding steroid dienone is 1. The second-order valence-corrected chi connectivity index (χ2v) is 2.88. The number of carbonyl (C=O) groups is 2. The van der Waals surface area contributed by atoms with Crippen molar-refractivity contribution >= 4 is 24.3 Å². The third kappa shape index (κ3) is 9.41. The molecule has 0 radical (unpaired) electrons. The van der Waals surface area contributed by atoms with Crippen LogP contribution < -0.4 is 0 Å². The number of nitrogens with one attached hydrogen (secondary N) is 1. The highest BCUT2D eigenvalue weighted by atomic mass is 35.5. The van der Waals surface area contributed by atoms with Crippen LogP contribution in [0, 0.1) is 0 Å². The van der Waals surface area contributed by atoms with Crippen molar-refractivity contribution in [1.29, 1.82) is 0 Å². The third-order valence-electron chi connectivity index (χ3n) is 1.53. The van der Waals surface area contributed by atoms with E-state index in [-0.39, 0.29) is 24.7 Å². The molecule has 0 unspecified atom stereocenters. The quantitative estimate of drug-likeness (QED) is 0.634. The number of esters is 1. The first-order valence-corrected chi connectivity index (χ1v) is 5.11. The Morgan fingerprint density at radius 2 is 2.28 bits per heavy atom. The van der Waals surface area contributed by atoms with Crippen molar-refractivity contribution < 1.29 is 19.4 Å². The van der Waals surface area contributed by atoms with Gasteiger partial charge in [0.15, 0.2) is 0 Å². The molecule has 18 heavy (non-hydrogen) atoms. The summed E-state index contributed by atoms with van der Waals surface area (Å²) >= 11 is 0. The molecule has 0 saturated heterocycles. The highest BCUT2D eigenvalue weighted by Crippen LogP contribution is 1.91. The molecule has 7 heteroatoms. The Bertz CT molecular complexity index is 352. The lowest BCUT2D eigenvalue weighted by molar-refractivity contribution is -0.136. The summed E-state index contributed by atoms with van der Waals surface area (Å²) in [6, 6.07) is 0. The second kappa shape index (κ2) is 11.7. The fourth-order valence-electron chi connectivity index (χ4n) is 0.802. The SMILES string of the molecule is C=CCCC(=O)O.CCOC(=O)c1ncc[nH]1.Cl. The lowest BCUT2D eigenvalue weighted by Gasteiger charge is -1.95. The molecule has 0 aliphatic rings. The minimum Gasteiger partial charge on any atom is -0.481 e. The second-order valence-electron chi connectivity index (χ2n) is 2.88. The van der Waals surface area contributed by atoms with Gasteiger partial charge in [-0.2, -0.15) is 0 Å². The molecule has 1 aromatic heterocycles. The summed E-state index contributed by atoms with van der Waals surface area (Å²) in [6.07, 6.45) is 5.44. The van der Waals surface area contributed by atoms with Crippen LogP contribution in [0.4, 0.5) is 0 Å². The van der Waals surface area contributed by atoms with Gasteiger partial charge >= 0.3 is 11.9 Å². The first-order chi connectivity index (χ1) is 8.11. The predicted molar refractivity (Wildman–Crippen MR) is 68.9 cm³/mol. The molecular weight excluding hydrogens is 260 g/mol. The molecule has 0 spiro atoms. The molecule has 1 aromatic rings. The number of ether oxygens (including phenoxy) is 1. The lowest BCUT2D eigenvalue weighted by atomic mass is 10.3. The molecule has 1 heterocycles. The van der Waals surface area contributed by atoms with E-state index in [1.807, 2.05) is 0 Å². The largest absolute Gasteiger partial charge is 0.481 e. The van der Waals surface area contributed by atoms with Gasteiger partial charge in [-0.15, -0.1) is 19.0 Å². The summed E-state index contributed by atoms with van der Waals surface area (Å²) in [4.78, 5) is 26.8. The van der Waals surface area contributed by atoms with E-state index in [0.29, 0.717) is 13.0 Å². The maximum absolute atomic E-state index is 10.8. The fraction of sp³-hybridized carbons (Fsp3) is 0.364. The molecule has 0 bridgehead atoms. The van der Waals surface area contributed by atoms with Crippen molar-refractivity contribution in [1.82, 2.24) is 9.97 Å². The Morgan fingerprint density at radius 3 is 2.61 bits per heavy atom. The van der Waals surface area contributed by atoms with Crippen LogP contribution in [-0.4, -0.2) is 33.6 Å². The number of imidazole rings is 1. The lowest BCUT2D eigenvalue weighted by Crippen LogP contribution is -2.06. The zero-order chi connectivity index (χ0) is 13.1. The van der Waals surface area contributed by atoms with Gasteiger partial charge in [-0.05, 0) is 13.3 Å². The number of carboxylic acids is 1. The summed E-state index contributed by atoms with van der Waals surface area (Å²) < 4.78 is 4.65. The van der Waals surface area contributed by atoms with Crippen LogP contribution in [0.3, 0.4) is 0 Å². The smallest absolute Gasteiger partial charge is 0.374 e. The van der Waals surface area contributed by atoms with Crippen molar-refractivity contribution in [2.24, 2.45) is 0 Å². The van der Waals surface area contributed by atoms with Gasteiger partial charge in [-0.3, -0.25) is 4.79 Å². The van der Waals surface area contributed by atoms with Gasteiger partial charge in [-0.1, -0.05) is 6.08 Å². The Labute approximate surface area is 111 Å².